The van der Waals surface area contributed by atoms with E-state index in [4.69, 9.17) is 5.84 Å². The number of benzene rings is 1. The molecule has 0 fully saturated rings. The predicted molar refractivity (Wildman–Crippen MR) is 73.6 cm³/mol. The first-order valence-corrected chi connectivity index (χ1v) is 5.97. The van der Waals surface area contributed by atoms with Crippen LogP contribution in [0, 0.1) is 0 Å². The Morgan fingerprint density at radius 3 is 2.50 bits per heavy atom. The molecule has 0 saturated heterocycles. The Labute approximate surface area is 106 Å². The summed E-state index contributed by atoms with van der Waals surface area (Å²) in [6.07, 6.45) is 3.38. The molecule has 94 valence electrons. The molecule has 5 nitrogen and oxygen atoms in total. The van der Waals surface area contributed by atoms with Gasteiger partial charge in [0.25, 0.3) is 0 Å². The quantitative estimate of drug-likeness (QED) is 0.555. The van der Waals surface area contributed by atoms with Gasteiger partial charge in [-0.1, -0.05) is 31.5 Å². The number of nitrogens with zero attached hydrogens (tertiary/aromatic N) is 2. The fraction of sp³-hybridized carbons (Fsp3) is 0.231. The standard InChI is InChI=1S/C13H17N5/c1-2-6-11-12(15-9-16-13(11)18-14)17-10-7-4-3-5-8-10/h3-5,7-9H,2,6,14H2,1H3,(H2,15,16,17,18). The van der Waals surface area contributed by atoms with Gasteiger partial charge in [-0.3, -0.25) is 0 Å². The first-order valence-electron chi connectivity index (χ1n) is 5.97. The van der Waals surface area contributed by atoms with E-state index < -0.39 is 0 Å². The Bertz CT molecular complexity index is 498. The van der Waals surface area contributed by atoms with Crippen LogP contribution >= 0.6 is 0 Å². The van der Waals surface area contributed by atoms with Crippen LogP contribution in [0.3, 0.4) is 0 Å². The van der Waals surface area contributed by atoms with Gasteiger partial charge >= 0.3 is 0 Å². The second-order valence-electron chi connectivity index (χ2n) is 3.93. The number of nitrogens with one attached hydrogen (secondary N) is 2. The first-order chi connectivity index (χ1) is 8.85. The number of nitrogens with two attached hydrogens (primary N) is 1. The molecule has 1 aromatic carbocycles. The number of hydrazine groups is 1. The second kappa shape index (κ2) is 5.97. The van der Waals surface area contributed by atoms with Gasteiger partial charge < -0.3 is 10.7 Å². The molecule has 4 N–H and O–H groups in total. The highest BCUT2D eigenvalue weighted by Gasteiger charge is 2.09. The van der Waals surface area contributed by atoms with Crippen molar-refractivity contribution in [2.75, 3.05) is 10.7 Å². The van der Waals surface area contributed by atoms with Gasteiger partial charge in [-0.2, -0.15) is 0 Å². The van der Waals surface area contributed by atoms with E-state index in [2.05, 4.69) is 27.6 Å². The fourth-order valence-electron chi connectivity index (χ4n) is 1.79. The molecule has 2 rings (SSSR count). The van der Waals surface area contributed by atoms with Gasteiger partial charge in [0, 0.05) is 11.3 Å². The SMILES string of the molecule is CCCc1c(NN)ncnc1Nc1ccccc1. The Balaban J connectivity index is 2.32. The Morgan fingerprint density at radius 1 is 1.11 bits per heavy atom. The normalized spacial score (nSPS) is 10.1. The molecule has 5 heteroatoms. The van der Waals surface area contributed by atoms with Gasteiger partial charge in [0.15, 0.2) is 0 Å². The summed E-state index contributed by atoms with van der Waals surface area (Å²) in [5.74, 6) is 6.94. The van der Waals surface area contributed by atoms with E-state index in [-0.39, 0.29) is 0 Å². The molecule has 0 aliphatic heterocycles. The average molecular weight is 243 g/mol. The van der Waals surface area contributed by atoms with Crippen LogP contribution in [-0.2, 0) is 6.42 Å². The molecule has 0 aliphatic carbocycles. The minimum Gasteiger partial charge on any atom is -0.340 e. The topological polar surface area (TPSA) is 75.9 Å². The minimum absolute atomic E-state index is 0.672. The van der Waals surface area contributed by atoms with Crippen LogP contribution in [0.15, 0.2) is 36.7 Å². The van der Waals surface area contributed by atoms with Crippen molar-refractivity contribution in [3.63, 3.8) is 0 Å². The zero-order valence-electron chi connectivity index (χ0n) is 10.4. The average Bonchev–Trinajstić information content (AvgIpc) is 2.42. The van der Waals surface area contributed by atoms with Crippen LogP contribution in [0.1, 0.15) is 18.9 Å². The fourth-order valence-corrected chi connectivity index (χ4v) is 1.79. The van der Waals surface area contributed by atoms with Crippen molar-refractivity contribution in [2.24, 2.45) is 5.84 Å². The highest BCUT2D eigenvalue weighted by atomic mass is 15.3. The van der Waals surface area contributed by atoms with E-state index in [0.29, 0.717) is 5.82 Å². The molecular weight excluding hydrogens is 226 g/mol. The van der Waals surface area contributed by atoms with E-state index in [1.165, 1.54) is 6.33 Å². The summed E-state index contributed by atoms with van der Waals surface area (Å²) in [5, 5.41) is 3.29. The van der Waals surface area contributed by atoms with Crippen molar-refractivity contribution in [3.05, 3.63) is 42.2 Å². The molecule has 1 aromatic heterocycles. The van der Waals surface area contributed by atoms with Crippen LogP contribution in [0.4, 0.5) is 17.3 Å². The highest BCUT2D eigenvalue weighted by molar-refractivity contribution is 5.64. The maximum absolute atomic E-state index is 5.48. The van der Waals surface area contributed by atoms with E-state index in [0.717, 1.165) is 29.9 Å². The smallest absolute Gasteiger partial charge is 0.148 e. The van der Waals surface area contributed by atoms with E-state index >= 15 is 0 Å². The van der Waals surface area contributed by atoms with Crippen LogP contribution in [0.2, 0.25) is 0 Å². The molecule has 0 saturated carbocycles. The van der Waals surface area contributed by atoms with Crippen molar-refractivity contribution in [3.8, 4) is 0 Å². The number of hydrogen-bond acceptors (Lipinski definition) is 5. The summed E-state index contributed by atoms with van der Waals surface area (Å²) in [7, 11) is 0. The molecular formula is C13H17N5. The number of rotatable bonds is 5. The number of aromatic nitrogens is 2. The summed E-state index contributed by atoms with van der Waals surface area (Å²) >= 11 is 0. The molecule has 0 aliphatic rings. The lowest BCUT2D eigenvalue weighted by molar-refractivity contribution is 0.903. The van der Waals surface area contributed by atoms with E-state index in [1.54, 1.807) is 0 Å². The van der Waals surface area contributed by atoms with Crippen molar-refractivity contribution in [2.45, 2.75) is 19.8 Å². The molecule has 0 amide bonds. The molecule has 2 aromatic rings. The third-order valence-electron chi connectivity index (χ3n) is 2.62. The van der Waals surface area contributed by atoms with Crippen LogP contribution < -0.4 is 16.6 Å². The van der Waals surface area contributed by atoms with Crippen molar-refractivity contribution in [1.82, 2.24) is 9.97 Å². The van der Waals surface area contributed by atoms with Gasteiger partial charge in [0.05, 0.1) is 0 Å². The van der Waals surface area contributed by atoms with Crippen LogP contribution in [0.25, 0.3) is 0 Å². The van der Waals surface area contributed by atoms with E-state index in [1.807, 2.05) is 30.3 Å². The first kappa shape index (κ1) is 12.3. The Morgan fingerprint density at radius 2 is 1.83 bits per heavy atom. The maximum Gasteiger partial charge on any atom is 0.148 e. The third kappa shape index (κ3) is 2.75. The molecule has 0 spiro atoms. The molecule has 0 atom stereocenters. The Kier molecular flexibility index (Phi) is 4.09. The Hall–Kier alpha value is -2.14. The molecule has 1 heterocycles. The van der Waals surface area contributed by atoms with Gasteiger partial charge in [-0.25, -0.2) is 15.8 Å². The number of hydrogen-bond donors (Lipinski definition) is 3. The second-order valence-corrected chi connectivity index (χ2v) is 3.93. The highest BCUT2D eigenvalue weighted by Crippen LogP contribution is 2.23. The van der Waals surface area contributed by atoms with Crippen LogP contribution in [0.5, 0.6) is 0 Å². The molecule has 18 heavy (non-hydrogen) atoms. The number of para-hydroxylation sites is 1. The maximum atomic E-state index is 5.48. The lowest BCUT2D eigenvalue weighted by Gasteiger charge is -2.13. The lowest BCUT2D eigenvalue weighted by atomic mass is 10.1. The van der Waals surface area contributed by atoms with Crippen molar-refractivity contribution in [1.29, 1.82) is 0 Å². The summed E-state index contributed by atoms with van der Waals surface area (Å²) in [6.45, 7) is 2.11. The number of nitrogen functional groups attached to an aromatic ring is 1. The zero-order valence-corrected chi connectivity index (χ0v) is 10.4. The third-order valence-corrected chi connectivity index (χ3v) is 2.62. The van der Waals surface area contributed by atoms with Crippen molar-refractivity contribution >= 4 is 17.3 Å². The van der Waals surface area contributed by atoms with Gasteiger partial charge in [-0.15, -0.1) is 0 Å². The molecule has 0 unspecified atom stereocenters. The number of anilines is 3. The molecule has 0 radical (unpaired) electrons. The lowest BCUT2D eigenvalue weighted by Crippen LogP contribution is -2.13. The van der Waals surface area contributed by atoms with E-state index in [9.17, 15) is 0 Å². The summed E-state index contributed by atoms with van der Waals surface area (Å²) < 4.78 is 0. The van der Waals surface area contributed by atoms with Gasteiger partial charge in [-0.05, 0) is 18.6 Å². The predicted octanol–water partition coefficient (Wildman–Crippen LogP) is 2.46. The van der Waals surface area contributed by atoms with Crippen LogP contribution in [-0.4, -0.2) is 9.97 Å². The summed E-state index contributed by atoms with van der Waals surface area (Å²) in [6, 6.07) is 9.92. The minimum atomic E-state index is 0.672. The van der Waals surface area contributed by atoms with Gasteiger partial charge in [0.1, 0.15) is 18.0 Å². The van der Waals surface area contributed by atoms with Gasteiger partial charge in [0.2, 0.25) is 0 Å². The van der Waals surface area contributed by atoms with Crippen molar-refractivity contribution < 1.29 is 0 Å². The summed E-state index contributed by atoms with van der Waals surface area (Å²) in [5.41, 5.74) is 4.62. The zero-order chi connectivity index (χ0) is 12.8. The molecule has 0 bridgehead atoms. The largest absolute Gasteiger partial charge is 0.340 e. The summed E-state index contributed by atoms with van der Waals surface area (Å²) in [4.78, 5) is 8.41. The monoisotopic (exact) mass is 243 g/mol.